The molecule has 0 atom stereocenters. The van der Waals surface area contributed by atoms with E-state index in [4.69, 9.17) is 5.73 Å². The molecule has 2 aliphatic carbocycles. The number of methoxy groups -OCH3 is 1. The Bertz CT molecular complexity index is 815. The SMILES string of the molecule is COC(=O)C1CCCCC1.I.Nc1ncc(F)c(-c2cccc(C3CCC3)c2)n1.[HH]. The van der Waals surface area contributed by atoms with Crippen molar-refractivity contribution >= 4 is 35.9 Å². The molecule has 160 valence electrons. The molecule has 0 spiro atoms. The highest BCUT2D eigenvalue weighted by atomic mass is 127. The largest absolute Gasteiger partial charge is 0.469 e. The van der Waals surface area contributed by atoms with Gasteiger partial charge in [0, 0.05) is 6.99 Å². The molecule has 1 aromatic carbocycles. The van der Waals surface area contributed by atoms with Crippen LogP contribution in [0.25, 0.3) is 11.3 Å². The van der Waals surface area contributed by atoms with Crippen molar-refractivity contribution in [3.63, 3.8) is 0 Å². The van der Waals surface area contributed by atoms with E-state index in [1.807, 2.05) is 18.2 Å². The second-order valence-electron chi connectivity index (χ2n) is 7.54. The first kappa shape index (κ1) is 23.5. The third kappa shape index (κ3) is 6.35. The van der Waals surface area contributed by atoms with E-state index < -0.39 is 5.82 Å². The lowest BCUT2D eigenvalue weighted by Gasteiger charge is -2.26. The lowest BCUT2D eigenvalue weighted by molar-refractivity contribution is -0.146. The van der Waals surface area contributed by atoms with Gasteiger partial charge in [-0.05, 0) is 43.2 Å². The van der Waals surface area contributed by atoms with Crippen LogP contribution < -0.4 is 5.73 Å². The van der Waals surface area contributed by atoms with Crippen molar-refractivity contribution in [1.82, 2.24) is 9.97 Å². The van der Waals surface area contributed by atoms with Crippen LogP contribution in [0.2, 0.25) is 0 Å². The van der Waals surface area contributed by atoms with Crippen molar-refractivity contribution in [2.45, 2.75) is 57.3 Å². The Balaban J connectivity index is 0.000000325. The van der Waals surface area contributed by atoms with Crippen LogP contribution in [-0.4, -0.2) is 23.0 Å². The number of esters is 1. The molecule has 5 nitrogen and oxygen atoms in total. The maximum Gasteiger partial charge on any atom is 0.308 e. The Morgan fingerprint density at radius 2 is 1.90 bits per heavy atom. The molecule has 0 amide bonds. The minimum absolute atomic E-state index is 0. The number of nitrogens with two attached hydrogens (primary N) is 1. The molecule has 2 fully saturated rings. The second-order valence-corrected chi connectivity index (χ2v) is 7.54. The average molecular weight is 515 g/mol. The fourth-order valence-corrected chi connectivity index (χ4v) is 3.77. The molecule has 2 saturated carbocycles. The van der Waals surface area contributed by atoms with E-state index in [2.05, 4.69) is 20.8 Å². The van der Waals surface area contributed by atoms with Gasteiger partial charge < -0.3 is 10.5 Å². The van der Waals surface area contributed by atoms with Gasteiger partial charge in [0.15, 0.2) is 5.82 Å². The highest BCUT2D eigenvalue weighted by Crippen LogP contribution is 2.37. The lowest BCUT2D eigenvalue weighted by Crippen LogP contribution is -2.18. The van der Waals surface area contributed by atoms with E-state index >= 15 is 0 Å². The summed E-state index contributed by atoms with van der Waals surface area (Å²) >= 11 is 0. The van der Waals surface area contributed by atoms with Gasteiger partial charge in [-0.2, -0.15) is 0 Å². The second kappa shape index (κ2) is 11.4. The first-order valence-corrected chi connectivity index (χ1v) is 10.0. The number of hydrogen-bond donors (Lipinski definition) is 1. The molecule has 2 N–H and O–H groups in total. The van der Waals surface area contributed by atoms with Gasteiger partial charge in [0.05, 0.1) is 19.2 Å². The van der Waals surface area contributed by atoms with Crippen LogP contribution >= 0.6 is 24.0 Å². The van der Waals surface area contributed by atoms with Crippen molar-refractivity contribution < 1.29 is 15.3 Å². The van der Waals surface area contributed by atoms with Crippen LogP contribution in [0.4, 0.5) is 10.3 Å². The van der Waals surface area contributed by atoms with Gasteiger partial charge >= 0.3 is 5.97 Å². The molecule has 2 aliphatic rings. The van der Waals surface area contributed by atoms with E-state index in [-0.39, 0.29) is 48.9 Å². The monoisotopic (exact) mass is 515 g/mol. The summed E-state index contributed by atoms with van der Waals surface area (Å²) in [7, 11) is 1.47. The summed E-state index contributed by atoms with van der Waals surface area (Å²) in [5, 5.41) is 0. The van der Waals surface area contributed by atoms with Gasteiger partial charge in [-0.25, -0.2) is 14.4 Å². The Kier molecular flexibility index (Phi) is 9.26. The Hall–Kier alpha value is -1.77. The normalized spacial score (nSPS) is 16.6. The molecular formula is C22H31FIN3O2. The molecule has 7 heteroatoms. The van der Waals surface area contributed by atoms with Gasteiger partial charge in [-0.3, -0.25) is 4.79 Å². The van der Waals surface area contributed by atoms with Crippen LogP contribution in [0.5, 0.6) is 0 Å². The van der Waals surface area contributed by atoms with E-state index in [1.165, 1.54) is 51.2 Å². The molecule has 0 unspecified atom stereocenters. The van der Waals surface area contributed by atoms with Crippen molar-refractivity contribution in [1.29, 1.82) is 0 Å². The minimum atomic E-state index is -0.435. The first-order valence-electron chi connectivity index (χ1n) is 10.0. The van der Waals surface area contributed by atoms with Crippen LogP contribution in [0.15, 0.2) is 30.5 Å². The summed E-state index contributed by atoms with van der Waals surface area (Å²) in [6.07, 6.45) is 10.6. The smallest absolute Gasteiger partial charge is 0.308 e. The van der Waals surface area contributed by atoms with Crippen LogP contribution in [0.3, 0.4) is 0 Å². The molecule has 4 rings (SSSR count). The number of aromatic nitrogens is 2. The minimum Gasteiger partial charge on any atom is -0.469 e. The summed E-state index contributed by atoms with van der Waals surface area (Å²) in [6, 6.07) is 7.90. The van der Waals surface area contributed by atoms with Gasteiger partial charge in [0.25, 0.3) is 0 Å². The summed E-state index contributed by atoms with van der Waals surface area (Å²) in [6.45, 7) is 0. The molecule has 2 aromatic rings. The summed E-state index contributed by atoms with van der Waals surface area (Å²) in [5.74, 6) is 0.473. The summed E-state index contributed by atoms with van der Waals surface area (Å²) < 4.78 is 18.4. The van der Waals surface area contributed by atoms with Crippen LogP contribution in [0, 0.1) is 11.7 Å². The number of ether oxygens (including phenoxy) is 1. The zero-order chi connectivity index (χ0) is 19.9. The van der Waals surface area contributed by atoms with Crippen molar-refractivity contribution in [2.75, 3.05) is 12.8 Å². The third-order valence-corrected chi connectivity index (χ3v) is 5.64. The Morgan fingerprint density at radius 3 is 2.52 bits per heavy atom. The quantitative estimate of drug-likeness (QED) is 0.417. The summed E-state index contributed by atoms with van der Waals surface area (Å²) in [4.78, 5) is 18.6. The highest BCUT2D eigenvalue weighted by molar-refractivity contribution is 14.0. The lowest BCUT2D eigenvalue weighted by atomic mass is 9.79. The Morgan fingerprint density at radius 1 is 1.17 bits per heavy atom. The highest BCUT2D eigenvalue weighted by Gasteiger charge is 2.21. The number of anilines is 1. The zero-order valence-corrected chi connectivity index (χ0v) is 19.1. The van der Waals surface area contributed by atoms with Gasteiger partial charge in [-0.1, -0.05) is 43.9 Å². The van der Waals surface area contributed by atoms with E-state index in [9.17, 15) is 9.18 Å². The standard InChI is InChI=1S/C14H14FN3.C8H14O2.HI.H2/c15-12-8-17-14(16)18-13(12)11-6-2-5-10(7-11)9-3-1-4-9;1-10-8(9)7-5-3-2-4-6-7;;/h2,5-9H,1,3-4H2,(H2,16,17,18);7H,2-6H2,1H3;2*1H. The number of hydrogen-bond acceptors (Lipinski definition) is 5. The number of nitrogens with zero attached hydrogens (tertiary/aromatic N) is 2. The van der Waals surface area contributed by atoms with E-state index in [1.54, 1.807) is 0 Å². The van der Waals surface area contributed by atoms with Crippen LogP contribution in [0.1, 0.15) is 64.3 Å². The predicted molar refractivity (Wildman–Crippen MR) is 125 cm³/mol. The molecule has 29 heavy (non-hydrogen) atoms. The van der Waals surface area contributed by atoms with Gasteiger partial charge in [-0.15, -0.1) is 24.0 Å². The maximum absolute atomic E-state index is 13.7. The fourth-order valence-electron chi connectivity index (χ4n) is 3.77. The molecular weight excluding hydrogens is 484 g/mol. The average Bonchev–Trinajstić information content (AvgIpc) is 2.69. The number of benzene rings is 1. The van der Waals surface area contributed by atoms with Gasteiger partial charge in [0.2, 0.25) is 5.95 Å². The summed E-state index contributed by atoms with van der Waals surface area (Å²) in [5.41, 5.74) is 7.82. The number of carbonyl (C=O) groups is 1. The molecule has 0 saturated heterocycles. The van der Waals surface area contributed by atoms with Crippen molar-refractivity contribution in [3.05, 3.63) is 41.8 Å². The molecule has 0 bridgehead atoms. The third-order valence-electron chi connectivity index (χ3n) is 5.64. The number of halogens is 2. The Labute approximate surface area is 190 Å². The zero-order valence-electron chi connectivity index (χ0n) is 16.8. The topological polar surface area (TPSA) is 78.1 Å². The molecule has 1 heterocycles. The molecule has 1 aromatic heterocycles. The van der Waals surface area contributed by atoms with Crippen LogP contribution in [-0.2, 0) is 9.53 Å². The number of nitrogen functional groups attached to an aromatic ring is 1. The fraction of sp³-hybridized carbons (Fsp3) is 0.500. The van der Waals surface area contributed by atoms with E-state index in [0.717, 1.165) is 24.6 Å². The number of carbonyl (C=O) groups excluding carboxylic acids is 1. The predicted octanol–water partition coefficient (Wildman–Crippen LogP) is 5.74. The van der Waals surface area contributed by atoms with Crippen molar-refractivity contribution in [3.8, 4) is 11.3 Å². The first-order chi connectivity index (χ1) is 13.6. The molecule has 0 radical (unpaired) electrons. The molecule has 0 aliphatic heterocycles. The van der Waals surface area contributed by atoms with Gasteiger partial charge in [0.1, 0.15) is 5.69 Å². The maximum atomic E-state index is 13.7. The van der Waals surface area contributed by atoms with E-state index in [0.29, 0.717) is 5.92 Å². The number of rotatable bonds is 3. The van der Waals surface area contributed by atoms with Crippen molar-refractivity contribution in [2.24, 2.45) is 5.92 Å².